The molecule has 1 N–H and O–H groups in total. The van der Waals surface area contributed by atoms with E-state index in [0.29, 0.717) is 0 Å². The number of aromatic carboxylic acids is 1. The molecule has 0 spiro atoms. The molecule has 13 heavy (non-hydrogen) atoms. The first-order valence-corrected chi connectivity index (χ1v) is 2.99. The molecule has 0 aliphatic heterocycles. The largest absolute Gasteiger partial charge is 0.477 e. The van der Waals surface area contributed by atoms with Gasteiger partial charge in [0, 0.05) is 11.1 Å². The maximum absolute atomic E-state index is 10.5. The van der Waals surface area contributed by atoms with Gasteiger partial charge in [0.15, 0.2) is 5.69 Å². The van der Waals surface area contributed by atoms with Crippen LogP contribution in [0.2, 0.25) is 0 Å². The second-order valence-corrected chi connectivity index (χ2v) is 1.87. The molecule has 1 heterocycles. The molecular formula is C6H5ClN4O2. The topological polar surface area (TPSA) is 99.0 Å². The van der Waals surface area contributed by atoms with Gasteiger partial charge < -0.3 is 5.11 Å². The van der Waals surface area contributed by atoms with Gasteiger partial charge in [0.1, 0.15) is 0 Å². The van der Waals surface area contributed by atoms with E-state index in [0.717, 1.165) is 0 Å². The van der Waals surface area contributed by atoms with Crippen LogP contribution in [-0.4, -0.2) is 16.1 Å². The van der Waals surface area contributed by atoms with Crippen LogP contribution < -0.4 is 0 Å². The molecule has 0 atom stereocenters. The van der Waals surface area contributed by atoms with Crippen molar-refractivity contribution < 1.29 is 9.90 Å². The third kappa shape index (κ3) is 2.62. The average Bonchev–Trinajstić information content (AvgIpc) is 2.05. The van der Waals surface area contributed by atoms with Crippen molar-refractivity contribution in [1.29, 1.82) is 0 Å². The highest BCUT2D eigenvalue weighted by molar-refractivity contribution is 5.90. The van der Waals surface area contributed by atoms with Gasteiger partial charge in [-0.15, -0.1) is 12.4 Å². The van der Waals surface area contributed by atoms with Crippen molar-refractivity contribution in [1.82, 2.24) is 4.98 Å². The van der Waals surface area contributed by atoms with Crippen molar-refractivity contribution in [3.05, 3.63) is 34.5 Å². The smallest absolute Gasteiger partial charge is 0.354 e. The Kier molecular flexibility index (Phi) is 4.29. The third-order valence-corrected chi connectivity index (χ3v) is 1.14. The summed E-state index contributed by atoms with van der Waals surface area (Å²) in [5.74, 6) is -1.21. The Labute approximate surface area is 79.3 Å². The van der Waals surface area contributed by atoms with Gasteiger partial charge in [0.25, 0.3) is 0 Å². The van der Waals surface area contributed by atoms with Crippen LogP contribution in [0, 0.1) is 0 Å². The lowest BCUT2D eigenvalue weighted by Crippen LogP contribution is -1.99. The number of hydrogen-bond acceptors (Lipinski definition) is 3. The van der Waals surface area contributed by atoms with E-state index in [1.165, 1.54) is 18.3 Å². The first-order valence-electron chi connectivity index (χ1n) is 2.99. The normalized spacial score (nSPS) is 8.00. The van der Waals surface area contributed by atoms with E-state index in [-0.39, 0.29) is 23.8 Å². The molecule has 0 bridgehead atoms. The Morgan fingerprint density at radius 3 is 2.92 bits per heavy atom. The average molecular weight is 201 g/mol. The van der Waals surface area contributed by atoms with Crippen molar-refractivity contribution in [2.75, 3.05) is 0 Å². The van der Waals surface area contributed by atoms with Gasteiger partial charge >= 0.3 is 5.97 Å². The van der Waals surface area contributed by atoms with E-state index < -0.39 is 5.97 Å². The summed E-state index contributed by atoms with van der Waals surface area (Å²) >= 11 is 0. The Morgan fingerprint density at radius 1 is 1.69 bits per heavy atom. The van der Waals surface area contributed by atoms with Crippen LogP contribution in [0.4, 0.5) is 5.69 Å². The predicted octanol–water partition coefficient (Wildman–Crippen LogP) is 2.14. The standard InChI is InChI=1S/C6H4N4O2.ClH/c7-10-9-4-2-1-3-8-5(4)6(11)12;/h1-3H,(H,11,12);1H. The fourth-order valence-electron chi connectivity index (χ4n) is 0.690. The minimum Gasteiger partial charge on any atom is -0.477 e. The van der Waals surface area contributed by atoms with Crippen molar-refractivity contribution in [3.63, 3.8) is 0 Å². The molecule has 0 aromatic carbocycles. The number of nitrogens with zero attached hydrogens (tertiary/aromatic N) is 4. The Hall–Kier alpha value is -1.78. The second kappa shape index (κ2) is 4.97. The molecule has 6 nitrogen and oxygen atoms in total. The van der Waals surface area contributed by atoms with Crippen LogP contribution in [0.5, 0.6) is 0 Å². The van der Waals surface area contributed by atoms with E-state index >= 15 is 0 Å². The minimum atomic E-state index is -1.21. The first-order chi connectivity index (χ1) is 5.75. The van der Waals surface area contributed by atoms with Crippen molar-refractivity contribution in [3.8, 4) is 0 Å². The summed E-state index contributed by atoms with van der Waals surface area (Å²) in [6.07, 6.45) is 1.32. The Bertz CT molecular complexity index is 340. The predicted molar refractivity (Wildman–Crippen MR) is 47.3 cm³/mol. The molecule has 0 saturated heterocycles. The van der Waals surface area contributed by atoms with Gasteiger partial charge in [-0.25, -0.2) is 9.78 Å². The highest BCUT2D eigenvalue weighted by atomic mass is 35.5. The Morgan fingerprint density at radius 2 is 2.38 bits per heavy atom. The number of halogens is 1. The van der Waals surface area contributed by atoms with Crippen molar-refractivity contribution in [2.24, 2.45) is 5.11 Å². The molecule has 0 unspecified atom stereocenters. The summed E-state index contributed by atoms with van der Waals surface area (Å²) in [6.45, 7) is 0. The van der Waals surface area contributed by atoms with Crippen molar-refractivity contribution >= 4 is 24.1 Å². The number of rotatable bonds is 2. The van der Waals surface area contributed by atoms with Gasteiger partial charge in [-0.05, 0) is 17.7 Å². The van der Waals surface area contributed by atoms with Crippen LogP contribution in [0.15, 0.2) is 23.4 Å². The van der Waals surface area contributed by atoms with Gasteiger partial charge in [0.2, 0.25) is 0 Å². The van der Waals surface area contributed by atoms with Crippen LogP contribution in [0.1, 0.15) is 10.5 Å². The summed E-state index contributed by atoms with van der Waals surface area (Å²) in [4.78, 5) is 16.5. The summed E-state index contributed by atoms with van der Waals surface area (Å²) in [5.41, 5.74) is 7.84. The molecule has 0 aliphatic carbocycles. The van der Waals surface area contributed by atoms with E-state index in [2.05, 4.69) is 15.0 Å². The van der Waals surface area contributed by atoms with Crippen LogP contribution in [-0.2, 0) is 0 Å². The number of hydrogen-bond donors (Lipinski definition) is 1. The molecule has 1 rings (SSSR count). The maximum atomic E-state index is 10.5. The zero-order valence-corrected chi connectivity index (χ0v) is 7.10. The number of azide groups is 1. The molecule has 0 radical (unpaired) electrons. The van der Waals surface area contributed by atoms with Crippen LogP contribution >= 0.6 is 12.4 Å². The molecule has 7 heteroatoms. The fourth-order valence-corrected chi connectivity index (χ4v) is 0.690. The monoisotopic (exact) mass is 200 g/mol. The number of carboxylic acid groups (broad SMARTS) is 1. The second-order valence-electron chi connectivity index (χ2n) is 1.87. The summed E-state index contributed by atoms with van der Waals surface area (Å²) < 4.78 is 0. The van der Waals surface area contributed by atoms with Gasteiger partial charge in [-0.1, -0.05) is 5.11 Å². The molecule has 68 valence electrons. The van der Waals surface area contributed by atoms with Crippen LogP contribution in [0.25, 0.3) is 10.4 Å². The number of carboxylic acids is 1. The number of pyridine rings is 1. The summed E-state index contributed by atoms with van der Waals surface area (Å²) in [7, 11) is 0. The first kappa shape index (κ1) is 11.2. The SMILES string of the molecule is Cl.[N-]=[N+]=Nc1cccnc1C(=O)O. The third-order valence-electron chi connectivity index (χ3n) is 1.14. The lowest BCUT2D eigenvalue weighted by molar-refractivity contribution is 0.0691. The number of carbonyl (C=O) groups is 1. The van der Waals surface area contributed by atoms with E-state index in [9.17, 15) is 4.79 Å². The fraction of sp³-hybridized carbons (Fsp3) is 0. The zero-order valence-electron chi connectivity index (χ0n) is 6.28. The summed E-state index contributed by atoms with van der Waals surface area (Å²) in [6, 6.07) is 2.88. The molecule has 1 aromatic heterocycles. The highest BCUT2D eigenvalue weighted by Gasteiger charge is 2.08. The molecule has 0 saturated carbocycles. The lowest BCUT2D eigenvalue weighted by Gasteiger charge is -1.95. The Balaban J connectivity index is 0.00000144. The van der Waals surface area contributed by atoms with E-state index in [4.69, 9.17) is 10.6 Å². The minimum absolute atomic E-state index is 0. The number of aromatic nitrogens is 1. The van der Waals surface area contributed by atoms with Crippen LogP contribution in [0.3, 0.4) is 0 Å². The summed E-state index contributed by atoms with van der Waals surface area (Å²) in [5, 5.41) is 11.7. The van der Waals surface area contributed by atoms with Gasteiger partial charge in [-0.3, -0.25) is 0 Å². The van der Waals surface area contributed by atoms with Crippen molar-refractivity contribution in [2.45, 2.75) is 0 Å². The highest BCUT2D eigenvalue weighted by Crippen LogP contribution is 2.15. The molecule has 0 amide bonds. The molecule has 0 fully saturated rings. The molecular weight excluding hydrogens is 196 g/mol. The molecule has 1 aromatic rings. The van der Waals surface area contributed by atoms with E-state index in [1.54, 1.807) is 0 Å². The van der Waals surface area contributed by atoms with Gasteiger partial charge in [0.05, 0.1) is 5.69 Å². The zero-order chi connectivity index (χ0) is 8.97. The maximum Gasteiger partial charge on any atom is 0.354 e. The van der Waals surface area contributed by atoms with E-state index in [1.807, 2.05) is 0 Å². The van der Waals surface area contributed by atoms with Gasteiger partial charge in [-0.2, -0.15) is 0 Å². The molecule has 0 aliphatic rings. The lowest BCUT2D eigenvalue weighted by atomic mass is 10.3. The quantitative estimate of drug-likeness (QED) is 0.450.